The summed E-state index contributed by atoms with van der Waals surface area (Å²) in [7, 11) is 1.73. The number of benzene rings is 1. The normalized spacial score (nSPS) is 12.4. The zero-order valence-electron chi connectivity index (χ0n) is 12.0. The highest BCUT2D eigenvalue weighted by Crippen LogP contribution is 2.17. The predicted octanol–water partition coefficient (Wildman–Crippen LogP) is 4.14. The minimum absolute atomic E-state index is 0.626. The Morgan fingerprint density at radius 2 is 1.94 bits per heavy atom. The standard InChI is InChI=1S/C16H27NO/c1-4-6-7-11-15(5-2)17-13-14-10-8-9-12-16(14)18-3/h8-10,12,15,17H,4-7,11,13H2,1-3H3. The summed E-state index contributed by atoms with van der Waals surface area (Å²) in [6.07, 6.45) is 6.43. The number of nitrogens with one attached hydrogen (secondary N) is 1. The third kappa shape index (κ3) is 5.09. The molecular formula is C16H27NO. The Morgan fingerprint density at radius 1 is 1.17 bits per heavy atom. The lowest BCUT2D eigenvalue weighted by atomic mass is 10.1. The predicted molar refractivity (Wildman–Crippen MR) is 78.1 cm³/mol. The van der Waals surface area contributed by atoms with Crippen LogP contribution in [0.15, 0.2) is 24.3 Å². The highest BCUT2D eigenvalue weighted by atomic mass is 16.5. The fourth-order valence-electron chi connectivity index (χ4n) is 2.19. The van der Waals surface area contributed by atoms with Crippen LogP contribution < -0.4 is 10.1 Å². The Balaban J connectivity index is 2.41. The first kappa shape index (κ1) is 15.0. The highest BCUT2D eigenvalue weighted by molar-refractivity contribution is 5.32. The summed E-state index contributed by atoms with van der Waals surface area (Å²) in [5.74, 6) is 0.980. The molecule has 0 aromatic heterocycles. The van der Waals surface area contributed by atoms with Gasteiger partial charge in [0.1, 0.15) is 5.75 Å². The van der Waals surface area contributed by atoms with Gasteiger partial charge in [0.15, 0.2) is 0 Å². The fourth-order valence-corrected chi connectivity index (χ4v) is 2.19. The van der Waals surface area contributed by atoms with E-state index in [0.717, 1.165) is 12.3 Å². The maximum absolute atomic E-state index is 5.37. The van der Waals surface area contributed by atoms with Gasteiger partial charge in [0, 0.05) is 18.2 Å². The van der Waals surface area contributed by atoms with Crippen molar-refractivity contribution >= 4 is 0 Å². The quantitative estimate of drug-likeness (QED) is 0.664. The molecule has 0 aliphatic rings. The Morgan fingerprint density at radius 3 is 2.61 bits per heavy atom. The van der Waals surface area contributed by atoms with Gasteiger partial charge in [-0.25, -0.2) is 0 Å². The number of unbranched alkanes of at least 4 members (excludes halogenated alkanes) is 2. The van der Waals surface area contributed by atoms with Gasteiger partial charge in [0.2, 0.25) is 0 Å². The molecule has 1 aromatic carbocycles. The van der Waals surface area contributed by atoms with E-state index in [-0.39, 0.29) is 0 Å². The first-order chi connectivity index (χ1) is 8.81. The van der Waals surface area contributed by atoms with E-state index in [1.54, 1.807) is 7.11 Å². The monoisotopic (exact) mass is 249 g/mol. The van der Waals surface area contributed by atoms with E-state index in [4.69, 9.17) is 4.74 Å². The van der Waals surface area contributed by atoms with Gasteiger partial charge in [0.25, 0.3) is 0 Å². The summed E-state index contributed by atoms with van der Waals surface area (Å²) in [4.78, 5) is 0. The molecule has 0 spiro atoms. The lowest BCUT2D eigenvalue weighted by Crippen LogP contribution is -2.28. The van der Waals surface area contributed by atoms with Crippen molar-refractivity contribution in [1.82, 2.24) is 5.32 Å². The molecule has 0 amide bonds. The molecule has 0 bridgehead atoms. The SMILES string of the molecule is CCCCCC(CC)NCc1ccccc1OC. The second-order valence-corrected chi connectivity index (χ2v) is 4.79. The van der Waals surface area contributed by atoms with Crippen LogP contribution in [0.1, 0.15) is 51.5 Å². The van der Waals surface area contributed by atoms with E-state index < -0.39 is 0 Å². The molecule has 1 N–H and O–H groups in total. The van der Waals surface area contributed by atoms with Crippen molar-refractivity contribution < 1.29 is 4.74 Å². The van der Waals surface area contributed by atoms with Crippen LogP contribution in [0, 0.1) is 0 Å². The lowest BCUT2D eigenvalue weighted by Gasteiger charge is -2.18. The van der Waals surface area contributed by atoms with Gasteiger partial charge in [-0.2, -0.15) is 0 Å². The number of rotatable bonds is 9. The molecule has 0 aliphatic heterocycles. The molecular weight excluding hydrogens is 222 g/mol. The number of hydrogen-bond acceptors (Lipinski definition) is 2. The molecule has 0 heterocycles. The van der Waals surface area contributed by atoms with Crippen LogP contribution in [0.25, 0.3) is 0 Å². The zero-order chi connectivity index (χ0) is 13.2. The molecule has 2 heteroatoms. The molecule has 102 valence electrons. The van der Waals surface area contributed by atoms with Crippen LogP contribution in [0.2, 0.25) is 0 Å². The van der Waals surface area contributed by atoms with Crippen molar-refractivity contribution in [3.63, 3.8) is 0 Å². The van der Waals surface area contributed by atoms with E-state index >= 15 is 0 Å². The highest BCUT2D eigenvalue weighted by Gasteiger charge is 2.07. The van der Waals surface area contributed by atoms with Crippen molar-refractivity contribution in [3.8, 4) is 5.75 Å². The fraction of sp³-hybridized carbons (Fsp3) is 0.625. The number of methoxy groups -OCH3 is 1. The molecule has 0 saturated heterocycles. The lowest BCUT2D eigenvalue weighted by molar-refractivity contribution is 0.400. The first-order valence-corrected chi connectivity index (χ1v) is 7.17. The van der Waals surface area contributed by atoms with E-state index in [1.807, 2.05) is 12.1 Å². The maximum Gasteiger partial charge on any atom is 0.123 e. The van der Waals surface area contributed by atoms with Gasteiger partial charge in [-0.3, -0.25) is 0 Å². The summed E-state index contributed by atoms with van der Waals surface area (Å²) < 4.78 is 5.37. The van der Waals surface area contributed by atoms with Gasteiger partial charge in [-0.05, 0) is 18.9 Å². The largest absolute Gasteiger partial charge is 0.496 e. The smallest absolute Gasteiger partial charge is 0.123 e. The average molecular weight is 249 g/mol. The van der Waals surface area contributed by atoms with Crippen LogP contribution in [0.5, 0.6) is 5.75 Å². The summed E-state index contributed by atoms with van der Waals surface area (Å²) in [5.41, 5.74) is 1.24. The molecule has 0 saturated carbocycles. The van der Waals surface area contributed by atoms with Crippen molar-refractivity contribution in [1.29, 1.82) is 0 Å². The maximum atomic E-state index is 5.37. The Hall–Kier alpha value is -1.02. The first-order valence-electron chi connectivity index (χ1n) is 7.17. The summed E-state index contributed by atoms with van der Waals surface area (Å²) in [5, 5.41) is 3.64. The zero-order valence-corrected chi connectivity index (χ0v) is 12.0. The van der Waals surface area contributed by atoms with E-state index in [9.17, 15) is 0 Å². The van der Waals surface area contributed by atoms with E-state index in [1.165, 1.54) is 37.7 Å². The van der Waals surface area contributed by atoms with Crippen LogP contribution in [-0.4, -0.2) is 13.2 Å². The van der Waals surface area contributed by atoms with Crippen molar-refractivity contribution in [2.45, 2.75) is 58.5 Å². The van der Waals surface area contributed by atoms with Gasteiger partial charge in [0.05, 0.1) is 7.11 Å². The molecule has 18 heavy (non-hydrogen) atoms. The van der Waals surface area contributed by atoms with Gasteiger partial charge in [-0.15, -0.1) is 0 Å². The number of ether oxygens (including phenoxy) is 1. The second kappa shape index (κ2) is 8.98. The summed E-state index contributed by atoms with van der Waals surface area (Å²) >= 11 is 0. The molecule has 1 atom stereocenters. The molecule has 2 nitrogen and oxygen atoms in total. The third-order valence-corrected chi connectivity index (χ3v) is 3.42. The Kier molecular flexibility index (Phi) is 7.51. The Bertz CT molecular complexity index is 325. The van der Waals surface area contributed by atoms with Crippen molar-refractivity contribution in [3.05, 3.63) is 29.8 Å². The number of para-hydroxylation sites is 1. The molecule has 1 unspecified atom stereocenters. The van der Waals surface area contributed by atoms with Gasteiger partial charge in [-0.1, -0.05) is 51.3 Å². The van der Waals surface area contributed by atoms with Crippen LogP contribution in [0.4, 0.5) is 0 Å². The molecule has 1 rings (SSSR count). The van der Waals surface area contributed by atoms with Crippen molar-refractivity contribution in [2.75, 3.05) is 7.11 Å². The van der Waals surface area contributed by atoms with Gasteiger partial charge < -0.3 is 10.1 Å². The molecule has 0 radical (unpaired) electrons. The summed E-state index contributed by atoms with van der Waals surface area (Å²) in [6, 6.07) is 8.86. The number of hydrogen-bond donors (Lipinski definition) is 1. The van der Waals surface area contributed by atoms with Gasteiger partial charge >= 0.3 is 0 Å². The third-order valence-electron chi connectivity index (χ3n) is 3.42. The topological polar surface area (TPSA) is 21.3 Å². The van der Waals surface area contributed by atoms with Crippen LogP contribution in [0.3, 0.4) is 0 Å². The second-order valence-electron chi connectivity index (χ2n) is 4.79. The summed E-state index contributed by atoms with van der Waals surface area (Å²) in [6.45, 7) is 5.41. The minimum atomic E-state index is 0.626. The van der Waals surface area contributed by atoms with Crippen molar-refractivity contribution in [2.24, 2.45) is 0 Å². The minimum Gasteiger partial charge on any atom is -0.496 e. The Labute approximate surface area is 112 Å². The molecule has 0 aliphatic carbocycles. The van der Waals surface area contributed by atoms with E-state index in [0.29, 0.717) is 6.04 Å². The van der Waals surface area contributed by atoms with Crippen LogP contribution in [-0.2, 0) is 6.54 Å². The average Bonchev–Trinajstić information content (AvgIpc) is 2.43. The van der Waals surface area contributed by atoms with E-state index in [2.05, 4.69) is 31.3 Å². The molecule has 1 aromatic rings. The molecule has 0 fully saturated rings. The van der Waals surface area contributed by atoms with Crippen LogP contribution >= 0.6 is 0 Å².